The highest BCUT2D eigenvalue weighted by molar-refractivity contribution is 7.76. The molecule has 140 valence electrons. The average molecular weight is 379 g/mol. The molecular formula is C23H26NO2P. The van der Waals surface area contributed by atoms with Crippen LogP contribution in [0.2, 0.25) is 0 Å². The molecule has 0 aromatic heterocycles. The lowest BCUT2D eigenvalue weighted by Gasteiger charge is -2.32. The topological polar surface area (TPSA) is 49.3 Å². The lowest BCUT2D eigenvalue weighted by atomic mass is 9.94. The lowest BCUT2D eigenvalue weighted by molar-refractivity contribution is 0.117. The van der Waals surface area contributed by atoms with Crippen LogP contribution in [0.25, 0.3) is 0 Å². The predicted octanol–water partition coefficient (Wildman–Crippen LogP) is 4.26. The number of nitrogens with one attached hydrogen (secondary N) is 1. The second-order valence-electron chi connectivity index (χ2n) is 7.03. The van der Waals surface area contributed by atoms with Gasteiger partial charge < -0.3 is 5.11 Å². The molecule has 0 aliphatic carbocycles. The third kappa shape index (κ3) is 4.39. The van der Waals surface area contributed by atoms with Gasteiger partial charge in [-0.3, -0.25) is 9.65 Å². The first kappa shape index (κ1) is 19.6. The molecule has 0 saturated carbocycles. The van der Waals surface area contributed by atoms with Crippen LogP contribution in [0.15, 0.2) is 91.0 Å². The van der Waals surface area contributed by atoms with Crippen molar-refractivity contribution in [3.05, 3.63) is 96.6 Å². The molecule has 0 radical (unpaired) electrons. The first-order valence-corrected chi connectivity index (χ1v) is 10.9. The molecule has 0 aliphatic heterocycles. The maximum absolute atomic E-state index is 14.2. The standard InChI is InChI=1S/C23H26NO2P/c1-18(2)22(23(25)19-12-6-3-7-13-19)24-27(26,20-14-8-4-9-15-20)21-16-10-5-11-17-21/h3-18,22-23,25H,1-2H3,(H,24,26)/t22-,23-/m0/s1. The normalized spacial score (nSPS) is 14.1. The Morgan fingerprint density at radius 3 is 1.56 bits per heavy atom. The fraction of sp³-hybridized carbons (Fsp3) is 0.217. The fourth-order valence-corrected chi connectivity index (χ4v) is 5.87. The van der Waals surface area contributed by atoms with Gasteiger partial charge >= 0.3 is 0 Å². The van der Waals surface area contributed by atoms with E-state index in [2.05, 4.69) is 5.09 Å². The zero-order valence-electron chi connectivity index (χ0n) is 15.7. The van der Waals surface area contributed by atoms with E-state index >= 15 is 0 Å². The van der Waals surface area contributed by atoms with Crippen LogP contribution in [-0.4, -0.2) is 11.1 Å². The summed E-state index contributed by atoms with van der Waals surface area (Å²) in [7, 11) is -3.12. The Morgan fingerprint density at radius 1 is 0.741 bits per heavy atom. The maximum atomic E-state index is 14.2. The van der Waals surface area contributed by atoms with Crippen LogP contribution in [0.5, 0.6) is 0 Å². The summed E-state index contributed by atoms with van der Waals surface area (Å²) in [6.45, 7) is 4.06. The molecule has 4 heteroatoms. The number of rotatable bonds is 7. The minimum atomic E-state index is -3.12. The Balaban J connectivity index is 2.03. The number of benzene rings is 3. The molecule has 0 heterocycles. The van der Waals surface area contributed by atoms with Crippen molar-refractivity contribution in [2.45, 2.75) is 26.0 Å². The third-order valence-corrected chi connectivity index (χ3v) is 7.48. The van der Waals surface area contributed by atoms with Gasteiger partial charge in [-0.1, -0.05) is 80.6 Å². The van der Waals surface area contributed by atoms with E-state index in [4.69, 9.17) is 0 Å². The van der Waals surface area contributed by atoms with Crippen LogP contribution in [0.3, 0.4) is 0 Å². The summed E-state index contributed by atoms with van der Waals surface area (Å²) in [4.78, 5) is 0. The maximum Gasteiger partial charge on any atom is 0.204 e. The molecule has 0 amide bonds. The fourth-order valence-electron chi connectivity index (χ4n) is 3.23. The molecule has 2 atom stereocenters. The van der Waals surface area contributed by atoms with E-state index < -0.39 is 13.4 Å². The minimum Gasteiger partial charge on any atom is -0.387 e. The van der Waals surface area contributed by atoms with Gasteiger partial charge in [0.15, 0.2) is 0 Å². The molecule has 0 saturated heterocycles. The molecule has 3 aromatic rings. The van der Waals surface area contributed by atoms with Crippen LogP contribution >= 0.6 is 7.29 Å². The van der Waals surface area contributed by atoms with Crippen molar-refractivity contribution in [3.63, 3.8) is 0 Å². The smallest absolute Gasteiger partial charge is 0.204 e. The van der Waals surface area contributed by atoms with Gasteiger partial charge in [0.1, 0.15) is 0 Å². The van der Waals surface area contributed by atoms with Crippen molar-refractivity contribution < 1.29 is 9.67 Å². The Labute approximate surface area is 161 Å². The Morgan fingerprint density at radius 2 is 1.15 bits per heavy atom. The quantitative estimate of drug-likeness (QED) is 0.603. The molecular weight excluding hydrogens is 353 g/mol. The second-order valence-corrected chi connectivity index (χ2v) is 9.54. The molecule has 0 unspecified atom stereocenters. The van der Waals surface area contributed by atoms with Crippen LogP contribution in [0.1, 0.15) is 25.5 Å². The largest absolute Gasteiger partial charge is 0.387 e. The minimum absolute atomic E-state index is 0.0842. The van der Waals surface area contributed by atoms with E-state index in [-0.39, 0.29) is 12.0 Å². The van der Waals surface area contributed by atoms with Crippen molar-refractivity contribution >= 4 is 17.9 Å². The molecule has 0 spiro atoms. The van der Waals surface area contributed by atoms with Crippen LogP contribution in [0, 0.1) is 5.92 Å². The van der Waals surface area contributed by atoms with Gasteiger partial charge in [0.2, 0.25) is 7.29 Å². The van der Waals surface area contributed by atoms with E-state index in [1.807, 2.05) is 105 Å². The molecule has 2 N–H and O–H groups in total. The summed E-state index contributed by atoms with van der Waals surface area (Å²) < 4.78 is 14.2. The molecule has 3 aromatic carbocycles. The van der Waals surface area contributed by atoms with E-state index in [1.165, 1.54) is 0 Å². The van der Waals surface area contributed by atoms with Crippen molar-refractivity contribution in [1.82, 2.24) is 5.09 Å². The first-order valence-electron chi connectivity index (χ1n) is 9.24. The molecule has 3 rings (SSSR count). The van der Waals surface area contributed by atoms with Gasteiger partial charge in [0.25, 0.3) is 0 Å². The third-order valence-electron chi connectivity index (χ3n) is 4.77. The summed E-state index contributed by atoms with van der Waals surface area (Å²) >= 11 is 0. The van der Waals surface area contributed by atoms with Gasteiger partial charge in [0.05, 0.1) is 6.10 Å². The van der Waals surface area contributed by atoms with Gasteiger partial charge in [-0.2, -0.15) is 0 Å². The first-order chi connectivity index (χ1) is 13.0. The summed E-state index contributed by atoms with van der Waals surface area (Å²) in [5, 5.41) is 15.9. The lowest BCUT2D eigenvalue weighted by Crippen LogP contribution is -2.42. The van der Waals surface area contributed by atoms with Crippen molar-refractivity contribution in [3.8, 4) is 0 Å². The van der Waals surface area contributed by atoms with E-state index in [0.29, 0.717) is 0 Å². The molecule has 0 fully saturated rings. The van der Waals surface area contributed by atoms with Crippen LogP contribution in [0.4, 0.5) is 0 Å². The summed E-state index contributed by atoms with van der Waals surface area (Å²) in [5.41, 5.74) is 0.816. The zero-order valence-corrected chi connectivity index (χ0v) is 16.6. The van der Waals surface area contributed by atoms with Gasteiger partial charge in [0, 0.05) is 16.7 Å². The molecule has 3 nitrogen and oxygen atoms in total. The second kappa shape index (κ2) is 8.67. The zero-order chi connectivity index (χ0) is 19.3. The van der Waals surface area contributed by atoms with E-state index in [9.17, 15) is 9.67 Å². The SMILES string of the molecule is CC(C)[C@H](NP(=O)(c1ccccc1)c1ccccc1)[C@@H](O)c1ccccc1. The monoisotopic (exact) mass is 379 g/mol. The van der Waals surface area contributed by atoms with Gasteiger partial charge in [-0.25, -0.2) is 0 Å². The highest BCUT2D eigenvalue weighted by Gasteiger charge is 2.34. The Bertz CT molecular complexity index is 839. The molecule has 27 heavy (non-hydrogen) atoms. The van der Waals surface area contributed by atoms with E-state index in [1.54, 1.807) is 0 Å². The molecule has 0 aliphatic rings. The summed E-state index contributed by atoms with van der Waals surface area (Å²) in [5.74, 6) is 0.0842. The summed E-state index contributed by atoms with van der Waals surface area (Å²) in [6.07, 6.45) is -0.757. The summed E-state index contributed by atoms with van der Waals surface area (Å²) in [6, 6.07) is 28.1. The van der Waals surface area contributed by atoms with Crippen molar-refractivity contribution in [2.75, 3.05) is 0 Å². The van der Waals surface area contributed by atoms with Gasteiger partial charge in [-0.05, 0) is 35.7 Å². The van der Waals surface area contributed by atoms with Gasteiger partial charge in [-0.15, -0.1) is 0 Å². The number of aliphatic hydroxyl groups excluding tert-OH is 1. The number of aliphatic hydroxyl groups is 1. The average Bonchev–Trinajstić information content (AvgIpc) is 2.73. The predicted molar refractivity (Wildman–Crippen MR) is 113 cm³/mol. The Hall–Kier alpha value is -2.19. The van der Waals surface area contributed by atoms with Crippen LogP contribution < -0.4 is 15.7 Å². The highest BCUT2D eigenvalue weighted by Crippen LogP contribution is 2.41. The number of hydrogen-bond donors (Lipinski definition) is 2. The van der Waals surface area contributed by atoms with Crippen molar-refractivity contribution in [1.29, 1.82) is 0 Å². The molecule has 0 bridgehead atoms. The highest BCUT2D eigenvalue weighted by atomic mass is 31.2. The Kier molecular flexibility index (Phi) is 6.28. The van der Waals surface area contributed by atoms with E-state index in [0.717, 1.165) is 16.2 Å². The number of hydrogen-bond acceptors (Lipinski definition) is 2. The van der Waals surface area contributed by atoms with Crippen molar-refractivity contribution in [2.24, 2.45) is 5.92 Å². The van der Waals surface area contributed by atoms with Crippen LogP contribution in [-0.2, 0) is 4.57 Å².